The molecule has 4 aromatic carbocycles. The molecule has 4 aliphatic rings. The van der Waals surface area contributed by atoms with E-state index in [4.69, 9.17) is 25.5 Å². The Balaban J connectivity index is 1.14. The van der Waals surface area contributed by atoms with Crippen LogP contribution < -0.4 is 36.0 Å². The molecule has 336 valence electrons. The Labute approximate surface area is 376 Å². The van der Waals surface area contributed by atoms with Crippen molar-refractivity contribution in [1.82, 2.24) is 5.32 Å². The van der Waals surface area contributed by atoms with Crippen LogP contribution in [0.15, 0.2) is 88.1 Å². The summed E-state index contributed by atoms with van der Waals surface area (Å²) in [6.45, 7) is 10.4. The highest BCUT2D eigenvalue weighted by Crippen LogP contribution is 2.54. The molecular formula is C49H52ClF3N4O6Si. The van der Waals surface area contributed by atoms with Crippen molar-refractivity contribution in [2.24, 2.45) is 0 Å². The van der Waals surface area contributed by atoms with Crippen molar-refractivity contribution in [2.45, 2.75) is 63.3 Å². The predicted molar refractivity (Wildman–Crippen MR) is 247 cm³/mol. The first-order valence-corrected chi connectivity index (χ1v) is 25.8. The van der Waals surface area contributed by atoms with Crippen LogP contribution in [0.1, 0.15) is 81.5 Å². The van der Waals surface area contributed by atoms with Crippen molar-refractivity contribution >= 4 is 69.9 Å². The van der Waals surface area contributed by atoms with Gasteiger partial charge < -0.3 is 29.0 Å². The van der Waals surface area contributed by atoms with Gasteiger partial charge in [-0.25, -0.2) is 4.79 Å². The molecule has 2 fully saturated rings. The number of anilines is 3. The van der Waals surface area contributed by atoms with Crippen molar-refractivity contribution in [3.63, 3.8) is 0 Å². The van der Waals surface area contributed by atoms with E-state index in [9.17, 15) is 22.8 Å². The van der Waals surface area contributed by atoms with E-state index in [1.165, 1.54) is 18.2 Å². The zero-order valence-corrected chi connectivity index (χ0v) is 37.9. The normalized spacial score (nSPS) is 17.0. The first-order valence-electron chi connectivity index (χ1n) is 22.3. The van der Waals surface area contributed by atoms with E-state index in [2.05, 4.69) is 64.6 Å². The number of nitrogens with zero attached hydrogens (tertiary/aromatic N) is 3. The topological polar surface area (TPSA) is 105 Å². The van der Waals surface area contributed by atoms with Crippen LogP contribution >= 0.6 is 11.6 Å². The molecule has 1 aromatic heterocycles. The van der Waals surface area contributed by atoms with Crippen LogP contribution in [0.4, 0.5) is 30.2 Å². The highest BCUT2D eigenvalue weighted by molar-refractivity contribution is 7.01. The van der Waals surface area contributed by atoms with Gasteiger partial charge in [0.1, 0.15) is 19.2 Å². The van der Waals surface area contributed by atoms with Gasteiger partial charge in [0, 0.05) is 96.5 Å². The van der Waals surface area contributed by atoms with Gasteiger partial charge in [-0.2, -0.15) is 13.2 Å². The molecule has 10 nitrogen and oxygen atoms in total. The van der Waals surface area contributed by atoms with Crippen LogP contribution in [-0.4, -0.2) is 84.9 Å². The highest BCUT2D eigenvalue weighted by atomic mass is 35.5. The Morgan fingerprint density at radius 2 is 1.38 bits per heavy atom. The zero-order chi connectivity index (χ0) is 44.8. The van der Waals surface area contributed by atoms with Crippen LogP contribution in [0, 0.1) is 0 Å². The summed E-state index contributed by atoms with van der Waals surface area (Å²) in [5, 5.41) is 4.91. The fourth-order valence-corrected chi connectivity index (χ4v) is 13.2. The molecule has 15 heteroatoms. The molecule has 1 spiro atoms. The molecule has 4 aliphatic heterocycles. The van der Waals surface area contributed by atoms with Crippen molar-refractivity contribution in [1.29, 1.82) is 0 Å². The molecule has 5 aromatic rings. The van der Waals surface area contributed by atoms with Crippen molar-refractivity contribution in [3.05, 3.63) is 123 Å². The van der Waals surface area contributed by atoms with Crippen LogP contribution in [0.2, 0.25) is 13.1 Å². The van der Waals surface area contributed by atoms with Gasteiger partial charge in [0.15, 0.2) is 0 Å². The van der Waals surface area contributed by atoms with E-state index < -0.39 is 36.9 Å². The molecule has 9 rings (SSSR count). The minimum absolute atomic E-state index is 0.242. The number of hydrogen-bond donors (Lipinski definition) is 1. The molecule has 0 radical (unpaired) electrons. The number of halogens is 4. The number of unbranched alkanes of at least 4 members (excludes halogenated alkanes) is 3. The molecule has 5 heterocycles. The molecule has 0 aliphatic carbocycles. The standard InChI is InChI=1S/C49H52ClF3N4O6Si/c1-64(2)43-29-33(55-19-7-20-55)11-15-38(43)48(39-16-12-34(30-44(39)64)56-21-8-22-56)40-27-32(46(59)54-18-24-62-26-25-61-23-6-4-3-5-17-50)9-13-37(40)47(60)57(48)35-10-14-36-41(49(51,52)53)31-45(58)63-42(36)28-35/h9-16,27-31H,3-8,17-26H2,1-2H3,(H,54,59). The lowest BCUT2D eigenvalue weighted by molar-refractivity contribution is -0.136. The average Bonchev–Trinajstić information content (AvgIpc) is 3.49. The van der Waals surface area contributed by atoms with E-state index in [-0.39, 0.29) is 35.7 Å². The maximum Gasteiger partial charge on any atom is 0.417 e. The Morgan fingerprint density at radius 1 is 0.750 bits per heavy atom. The van der Waals surface area contributed by atoms with Crippen molar-refractivity contribution in [3.8, 4) is 0 Å². The monoisotopic (exact) mass is 912 g/mol. The minimum atomic E-state index is -4.82. The maximum absolute atomic E-state index is 15.3. The Kier molecular flexibility index (Phi) is 12.2. The van der Waals surface area contributed by atoms with Gasteiger partial charge in [0.2, 0.25) is 0 Å². The van der Waals surface area contributed by atoms with Gasteiger partial charge in [0.25, 0.3) is 11.8 Å². The lowest BCUT2D eigenvalue weighted by Gasteiger charge is -2.50. The number of alkyl halides is 4. The van der Waals surface area contributed by atoms with Gasteiger partial charge in [-0.1, -0.05) is 38.1 Å². The first-order chi connectivity index (χ1) is 30.8. The number of carbonyl (C=O) groups is 2. The van der Waals surface area contributed by atoms with Crippen LogP contribution in [0.25, 0.3) is 11.0 Å². The van der Waals surface area contributed by atoms with Crippen LogP contribution in [-0.2, 0) is 21.2 Å². The Morgan fingerprint density at radius 3 is 1.98 bits per heavy atom. The largest absolute Gasteiger partial charge is 0.423 e. The number of rotatable bonds is 16. The molecule has 2 amide bonds. The molecule has 0 saturated carbocycles. The fourth-order valence-electron chi connectivity index (χ4n) is 9.81. The third-order valence-electron chi connectivity index (χ3n) is 13.4. The van der Waals surface area contributed by atoms with E-state index in [0.717, 1.165) is 97.6 Å². The van der Waals surface area contributed by atoms with Crippen molar-refractivity contribution in [2.75, 3.05) is 79.7 Å². The second-order valence-electron chi connectivity index (χ2n) is 17.6. The summed E-state index contributed by atoms with van der Waals surface area (Å²) in [5.74, 6) is -0.0769. The van der Waals surface area contributed by atoms with Crippen LogP contribution in [0.3, 0.4) is 0 Å². The summed E-state index contributed by atoms with van der Waals surface area (Å²) in [4.78, 5) is 48.3. The predicted octanol–water partition coefficient (Wildman–Crippen LogP) is 7.88. The SMILES string of the molecule is C[Si]1(C)c2cc(N3CCC3)ccc2C2(c3cc(C(=O)NCCOCCOCCCCCCCl)ccc3C(=O)N2c2ccc3c(C(F)(F)F)cc(=O)oc3c2)c2ccc(N3CCC3)cc21. The Hall–Kier alpha value is -5.15. The molecule has 0 atom stereocenters. The fraction of sp³-hybridized carbons (Fsp3) is 0.408. The smallest absolute Gasteiger partial charge is 0.417 e. The summed E-state index contributed by atoms with van der Waals surface area (Å²) >= 11 is 5.75. The number of carbonyl (C=O) groups excluding carboxylic acids is 2. The second kappa shape index (κ2) is 17.7. The molecule has 2 saturated heterocycles. The van der Waals surface area contributed by atoms with E-state index in [1.54, 1.807) is 23.1 Å². The van der Waals surface area contributed by atoms with E-state index in [0.29, 0.717) is 48.5 Å². The minimum Gasteiger partial charge on any atom is -0.423 e. The lowest BCUT2D eigenvalue weighted by atomic mass is 9.75. The quantitative estimate of drug-likeness (QED) is 0.0462. The van der Waals surface area contributed by atoms with E-state index in [1.807, 2.05) is 0 Å². The molecule has 1 N–H and O–H groups in total. The number of hydrogen-bond acceptors (Lipinski definition) is 8. The first kappa shape index (κ1) is 44.1. The summed E-state index contributed by atoms with van der Waals surface area (Å²) in [6.07, 6.45) is 1.50. The summed E-state index contributed by atoms with van der Waals surface area (Å²) in [5.41, 5.74) is 1.46. The van der Waals surface area contributed by atoms with E-state index >= 15 is 4.79 Å². The highest BCUT2D eigenvalue weighted by Gasteiger charge is 2.59. The lowest BCUT2D eigenvalue weighted by Crippen LogP contribution is -2.66. The summed E-state index contributed by atoms with van der Waals surface area (Å²) in [7, 11) is -2.57. The van der Waals surface area contributed by atoms with Gasteiger partial charge in [-0.15, -0.1) is 11.6 Å². The number of amides is 2. The molecule has 0 bridgehead atoms. The third kappa shape index (κ3) is 7.79. The Bertz CT molecular complexity index is 2600. The molecule has 0 unspecified atom stereocenters. The second-order valence-corrected chi connectivity index (χ2v) is 22.3. The third-order valence-corrected chi connectivity index (χ3v) is 17.2. The number of fused-ring (bicyclic) bond motifs is 7. The summed E-state index contributed by atoms with van der Waals surface area (Å²) < 4.78 is 59.7. The van der Waals surface area contributed by atoms with Gasteiger partial charge in [-0.3, -0.25) is 14.5 Å². The zero-order valence-electron chi connectivity index (χ0n) is 36.1. The van der Waals surface area contributed by atoms with Gasteiger partial charge in [0.05, 0.1) is 25.4 Å². The maximum atomic E-state index is 15.3. The van der Waals surface area contributed by atoms with Crippen molar-refractivity contribution < 1.29 is 36.7 Å². The molecule has 64 heavy (non-hydrogen) atoms. The van der Waals surface area contributed by atoms with Gasteiger partial charge in [-0.05, 0) is 102 Å². The number of benzene rings is 4. The van der Waals surface area contributed by atoms with Crippen LogP contribution in [0.5, 0.6) is 0 Å². The number of ether oxygens (including phenoxy) is 2. The molecular weight excluding hydrogens is 861 g/mol. The van der Waals surface area contributed by atoms with Gasteiger partial charge >= 0.3 is 11.8 Å². The average molecular weight is 914 g/mol. The summed E-state index contributed by atoms with van der Waals surface area (Å²) in [6, 6.07) is 22.5. The number of nitrogens with one attached hydrogen (secondary N) is 1.